The quantitative estimate of drug-likeness (QED) is 0.478. The Morgan fingerprint density at radius 1 is 1.21 bits per heavy atom. The van der Waals surface area contributed by atoms with E-state index in [2.05, 4.69) is 15.3 Å². The van der Waals surface area contributed by atoms with Gasteiger partial charge >= 0.3 is 5.97 Å². The monoisotopic (exact) mass is 411 g/mol. The van der Waals surface area contributed by atoms with Crippen molar-refractivity contribution in [3.63, 3.8) is 0 Å². The van der Waals surface area contributed by atoms with Crippen LogP contribution >= 0.6 is 11.3 Å². The molecular weight excluding hydrogens is 394 g/mol. The number of methoxy groups -OCH3 is 1. The fraction of sp³-hybridized carbons (Fsp3) is 0.200. The molecule has 0 saturated carbocycles. The molecule has 4 rings (SSSR count). The number of carbonyl (C=O) groups excluding carboxylic acids is 2. The molecule has 9 heteroatoms. The highest BCUT2D eigenvalue weighted by atomic mass is 32.1. The number of aromatic nitrogens is 2. The first-order chi connectivity index (χ1) is 14.1. The van der Waals surface area contributed by atoms with Crippen molar-refractivity contribution in [1.29, 1.82) is 0 Å². The van der Waals surface area contributed by atoms with Crippen molar-refractivity contribution >= 4 is 49.7 Å². The van der Waals surface area contributed by atoms with Crippen LogP contribution in [-0.2, 0) is 9.53 Å². The lowest BCUT2D eigenvalue weighted by atomic mass is 10.2. The number of oxazole rings is 1. The summed E-state index contributed by atoms with van der Waals surface area (Å²) in [4.78, 5) is 33.5. The van der Waals surface area contributed by atoms with E-state index in [4.69, 9.17) is 13.9 Å². The fourth-order valence-electron chi connectivity index (χ4n) is 2.78. The van der Waals surface area contributed by atoms with Gasteiger partial charge in [-0.2, -0.15) is 0 Å². The maximum absolute atomic E-state index is 12.6. The molecule has 0 aliphatic carbocycles. The van der Waals surface area contributed by atoms with E-state index in [9.17, 15) is 9.59 Å². The van der Waals surface area contributed by atoms with Crippen LogP contribution in [0.2, 0.25) is 0 Å². The SMILES string of the molecule is CCC(OC(=O)c1ccc2ocnc2c1)C(=O)Nc1nc2ccc(OC)cc2s1. The molecule has 1 N–H and O–H groups in total. The second-order valence-electron chi connectivity index (χ2n) is 6.18. The average Bonchev–Trinajstić information content (AvgIpc) is 3.36. The summed E-state index contributed by atoms with van der Waals surface area (Å²) in [5, 5.41) is 3.15. The number of fused-ring (bicyclic) bond motifs is 2. The Bertz CT molecular complexity index is 1200. The Labute approximate surface area is 169 Å². The van der Waals surface area contributed by atoms with Crippen LogP contribution in [-0.4, -0.2) is 35.1 Å². The van der Waals surface area contributed by atoms with Crippen LogP contribution in [0.5, 0.6) is 5.75 Å². The van der Waals surface area contributed by atoms with Gasteiger partial charge in [0.05, 0.1) is 22.9 Å². The first-order valence-electron chi connectivity index (χ1n) is 8.87. The van der Waals surface area contributed by atoms with Gasteiger partial charge in [-0.1, -0.05) is 18.3 Å². The van der Waals surface area contributed by atoms with Crippen molar-refractivity contribution in [3.05, 3.63) is 48.4 Å². The lowest BCUT2D eigenvalue weighted by Crippen LogP contribution is -2.32. The molecule has 4 aromatic rings. The van der Waals surface area contributed by atoms with Gasteiger partial charge in [0.15, 0.2) is 23.2 Å². The first kappa shape index (κ1) is 18.9. The number of hydrogen-bond acceptors (Lipinski definition) is 8. The van der Waals surface area contributed by atoms with E-state index in [-0.39, 0.29) is 0 Å². The van der Waals surface area contributed by atoms with Gasteiger partial charge in [-0.15, -0.1) is 0 Å². The number of amides is 1. The molecule has 1 atom stereocenters. The Balaban J connectivity index is 1.46. The smallest absolute Gasteiger partial charge is 0.338 e. The summed E-state index contributed by atoms with van der Waals surface area (Å²) in [6, 6.07) is 10.2. The molecule has 2 aromatic heterocycles. The van der Waals surface area contributed by atoms with E-state index < -0.39 is 18.0 Å². The topological polar surface area (TPSA) is 104 Å². The minimum atomic E-state index is -0.947. The average molecular weight is 411 g/mol. The summed E-state index contributed by atoms with van der Waals surface area (Å²) in [6.07, 6.45) is 0.676. The summed E-state index contributed by atoms with van der Waals surface area (Å²) in [5.41, 5.74) is 2.16. The Hall–Kier alpha value is -3.46. The van der Waals surface area contributed by atoms with Gasteiger partial charge in [-0.25, -0.2) is 14.8 Å². The molecule has 0 saturated heterocycles. The minimum Gasteiger partial charge on any atom is -0.497 e. The van der Waals surface area contributed by atoms with Crippen LogP contribution in [0.15, 0.2) is 47.2 Å². The highest BCUT2D eigenvalue weighted by Crippen LogP contribution is 2.29. The van der Waals surface area contributed by atoms with Crippen LogP contribution in [0.1, 0.15) is 23.7 Å². The third kappa shape index (κ3) is 3.90. The summed E-state index contributed by atoms with van der Waals surface area (Å²) in [6.45, 7) is 1.77. The predicted octanol–water partition coefficient (Wildman–Crippen LogP) is 4.02. The molecule has 1 amide bonds. The molecule has 29 heavy (non-hydrogen) atoms. The van der Waals surface area contributed by atoms with E-state index in [0.717, 1.165) is 10.2 Å². The number of rotatable bonds is 6. The van der Waals surface area contributed by atoms with Crippen molar-refractivity contribution in [1.82, 2.24) is 9.97 Å². The first-order valence-corrected chi connectivity index (χ1v) is 9.68. The second kappa shape index (κ2) is 7.88. The Kier molecular flexibility index (Phi) is 5.13. The number of carbonyl (C=O) groups is 2. The highest BCUT2D eigenvalue weighted by molar-refractivity contribution is 7.22. The van der Waals surface area contributed by atoms with Crippen LogP contribution < -0.4 is 10.1 Å². The van der Waals surface area contributed by atoms with Gasteiger partial charge in [0.1, 0.15) is 11.3 Å². The summed E-state index contributed by atoms with van der Waals surface area (Å²) >= 11 is 1.32. The normalized spacial score (nSPS) is 12.1. The number of esters is 1. The molecule has 0 bridgehead atoms. The van der Waals surface area contributed by atoms with Gasteiger partial charge < -0.3 is 13.9 Å². The zero-order valence-corrected chi connectivity index (χ0v) is 16.5. The number of hydrogen-bond donors (Lipinski definition) is 1. The molecule has 148 valence electrons. The van der Waals surface area contributed by atoms with Crippen molar-refractivity contribution < 1.29 is 23.5 Å². The maximum atomic E-state index is 12.6. The lowest BCUT2D eigenvalue weighted by molar-refractivity contribution is -0.124. The van der Waals surface area contributed by atoms with E-state index in [1.54, 1.807) is 38.3 Å². The molecule has 0 radical (unpaired) electrons. The molecule has 2 aromatic carbocycles. The summed E-state index contributed by atoms with van der Waals surface area (Å²) < 4.78 is 16.6. The summed E-state index contributed by atoms with van der Waals surface area (Å²) in [5.74, 6) is -0.330. The molecule has 0 aliphatic heterocycles. The molecular formula is C20H17N3O5S. The molecule has 1 unspecified atom stereocenters. The highest BCUT2D eigenvalue weighted by Gasteiger charge is 2.23. The van der Waals surface area contributed by atoms with Gasteiger partial charge in [0.25, 0.3) is 5.91 Å². The minimum absolute atomic E-state index is 0.296. The van der Waals surface area contributed by atoms with Crippen LogP contribution in [0.4, 0.5) is 5.13 Å². The fourth-order valence-corrected chi connectivity index (χ4v) is 3.67. The second-order valence-corrected chi connectivity index (χ2v) is 7.21. The number of ether oxygens (including phenoxy) is 2. The van der Waals surface area contributed by atoms with Crippen molar-refractivity contribution in [3.8, 4) is 5.75 Å². The number of nitrogens with zero attached hydrogens (tertiary/aromatic N) is 2. The number of nitrogens with one attached hydrogen (secondary N) is 1. The summed E-state index contributed by atoms with van der Waals surface area (Å²) in [7, 11) is 1.59. The number of anilines is 1. The van der Waals surface area contributed by atoms with Crippen LogP contribution in [0, 0.1) is 0 Å². The molecule has 0 aliphatic rings. The largest absolute Gasteiger partial charge is 0.497 e. The number of benzene rings is 2. The maximum Gasteiger partial charge on any atom is 0.338 e. The van der Waals surface area contributed by atoms with Gasteiger partial charge in [0, 0.05) is 0 Å². The molecule has 2 heterocycles. The molecule has 0 spiro atoms. The predicted molar refractivity (Wildman–Crippen MR) is 108 cm³/mol. The van der Waals surface area contributed by atoms with E-state index in [1.165, 1.54) is 17.7 Å². The Morgan fingerprint density at radius 2 is 2.07 bits per heavy atom. The van der Waals surface area contributed by atoms with Gasteiger partial charge in [0.2, 0.25) is 0 Å². The molecule has 0 fully saturated rings. The standard InChI is InChI=1S/C20H17N3O5S/c1-3-15(28-19(25)11-4-7-16-14(8-11)21-10-27-16)18(24)23-20-22-13-6-5-12(26-2)9-17(13)29-20/h4-10,15H,3H2,1-2H3,(H,22,23,24). The molecule has 8 nitrogen and oxygen atoms in total. The van der Waals surface area contributed by atoms with Crippen LogP contribution in [0.3, 0.4) is 0 Å². The van der Waals surface area contributed by atoms with Crippen molar-refractivity contribution in [2.75, 3.05) is 12.4 Å². The zero-order valence-electron chi connectivity index (χ0n) is 15.7. The Morgan fingerprint density at radius 3 is 2.86 bits per heavy atom. The lowest BCUT2D eigenvalue weighted by Gasteiger charge is -2.15. The number of thiazole rings is 1. The van der Waals surface area contributed by atoms with E-state index >= 15 is 0 Å². The van der Waals surface area contributed by atoms with Gasteiger partial charge in [-0.05, 0) is 42.8 Å². The zero-order chi connectivity index (χ0) is 20.4. The third-order valence-electron chi connectivity index (χ3n) is 4.30. The van der Waals surface area contributed by atoms with Crippen molar-refractivity contribution in [2.45, 2.75) is 19.4 Å². The van der Waals surface area contributed by atoms with Crippen molar-refractivity contribution in [2.24, 2.45) is 0 Å². The van der Waals surface area contributed by atoms with Crippen LogP contribution in [0.25, 0.3) is 21.3 Å². The van der Waals surface area contributed by atoms with E-state index in [1.807, 2.05) is 12.1 Å². The third-order valence-corrected chi connectivity index (χ3v) is 5.24. The van der Waals surface area contributed by atoms with Gasteiger partial charge in [-0.3, -0.25) is 10.1 Å². The van der Waals surface area contributed by atoms with E-state index in [0.29, 0.717) is 34.0 Å².